The largest absolute Gasteiger partial charge is 0.342 e. The summed E-state index contributed by atoms with van der Waals surface area (Å²) >= 11 is 0. The highest BCUT2D eigenvalue weighted by Gasteiger charge is 2.31. The molecular weight excluding hydrogens is 371 g/mol. The van der Waals surface area contributed by atoms with Crippen LogP contribution in [-0.2, 0) is 17.8 Å². The van der Waals surface area contributed by atoms with E-state index in [0.717, 1.165) is 36.4 Å². The van der Waals surface area contributed by atoms with Crippen LogP contribution in [0.15, 0.2) is 36.7 Å². The fraction of sp³-hybridized carbons (Fsp3) is 0.429. The number of amides is 1. The third-order valence-corrected chi connectivity index (χ3v) is 5.38. The molecule has 1 saturated heterocycles. The van der Waals surface area contributed by atoms with Gasteiger partial charge in [0.25, 0.3) is 0 Å². The van der Waals surface area contributed by atoms with E-state index in [1.54, 1.807) is 35.5 Å². The van der Waals surface area contributed by atoms with Crippen molar-refractivity contribution in [3.05, 3.63) is 53.7 Å². The number of halogens is 1. The van der Waals surface area contributed by atoms with Gasteiger partial charge in [-0.15, -0.1) is 0 Å². The number of rotatable bonds is 6. The lowest BCUT2D eigenvalue weighted by Crippen LogP contribution is -2.30. The quantitative estimate of drug-likeness (QED) is 0.638. The molecule has 3 aromatic rings. The molecule has 1 fully saturated rings. The zero-order valence-corrected chi connectivity index (χ0v) is 16.8. The van der Waals surface area contributed by atoms with Crippen LogP contribution in [0.25, 0.3) is 11.2 Å². The molecule has 0 unspecified atom stereocenters. The predicted octanol–water partition coefficient (Wildman–Crippen LogP) is 2.09. The molecule has 0 aliphatic carbocycles. The van der Waals surface area contributed by atoms with Gasteiger partial charge in [-0.25, -0.2) is 19.0 Å². The summed E-state index contributed by atoms with van der Waals surface area (Å²) in [6.45, 7) is 2.80. The highest BCUT2D eigenvalue weighted by Crippen LogP contribution is 2.30. The van der Waals surface area contributed by atoms with Gasteiger partial charge in [0.05, 0.1) is 18.7 Å². The number of likely N-dealkylation sites (tertiary alicyclic amines) is 1. The van der Waals surface area contributed by atoms with Crippen LogP contribution in [0.2, 0.25) is 0 Å². The van der Waals surface area contributed by atoms with Crippen molar-refractivity contribution in [2.45, 2.75) is 25.3 Å². The maximum Gasteiger partial charge on any atom is 0.227 e. The smallest absolute Gasteiger partial charge is 0.227 e. The van der Waals surface area contributed by atoms with Gasteiger partial charge in [0, 0.05) is 37.9 Å². The van der Waals surface area contributed by atoms with Crippen molar-refractivity contribution in [2.75, 3.05) is 33.7 Å². The van der Waals surface area contributed by atoms with E-state index in [9.17, 15) is 9.18 Å². The van der Waals surface area contributed by atoms with E-state index < -0.39 is 0 Å². The van der Waals surface area contributed by atoms with Crippen molar-refractivity contribution in [1.29, 1.82) is 0 Å². The van der Waals surface area contributed by atoms with Crippen LogP contribution in [0.4, 0.5) is 4.39 Å². The first-order chi connectivity index (χ1) is 14.0. The number of carbonyl (C=O) groups is 1. The first-order valence-corrected chi connectivity index (χ1v) is 9.86. The van der Waals surface area contributed by atoms with E-state index in [4.69, 9.17) is 5.10 Å². The Balaban J connectivity index is 1.51. The molecule has 0 radical (unpaired) electrons. The van der Waals surface area contributed by atoms with Gasteiger partial charge in [-0.2, -0.15) is 5.10 Å². The molecule has 1 aromatic carbocycles. The van der Waals surface area contributed by atoms with E-state index in [-0.39, 0.29) is 24.1 Å². The molecule has 29 heavy (non-hydrogen) atoms. The Morgan fingerprint density at radius 2 is 2.03 bits per heavy atom. The molecule has 0 N–H and O–H groups in total. The summed E-state index contributed by atoms with van der Waals surface area (Å²) in [7, 11) is 4.04. The Hall–Kier alpha value is -2.87. The minimum atomic E-state index is -0.336. The summed E-state index contributed by atoms with van der Waals surface area (Å²) in [4.78, 5) is 25.6. The number of aromatic nitrogens is 4. The molecule has 7 nitrogen and oxygen atoms in total. The summed E-state index contributed by atoms with van der Waals surface area (Å²) < 4.78 is 15.8. The van der Waals surface area contributed by atoms with Crippen LogP contribution >= 0.6 is 0 Å². The van der Waals surface area contributed by atoms with Crippen molar-refractivity contribution in [2.24, 2.45) is 0 Å². The van der Waals surface area contributed by atoms with Crippen molar-refractivity contribution in [3.63, 3.8) is 0 Å². The molecule has 0 spiro atoms. The van der Waals surface area contributed by atoms with Gasteiger partial charge in [0.2, 0.25) is 5.91 Å². The topological polar surface area (TPSA) is 67.2 Å². The summed E-state index contributed by atoms with van der Waals surface area (Å²) in [5.41, 5.74) is 2.92. The molecular formula is C21H25FN6O. The molecule has 1 atom stereocenters. The average molecular weight is 396 g/mol. The van der Waals surface area contributed by atoms with E-state index in [2.05, 4.69) is 14.9 Å². The summed E-state index contributed by atoms with van der Waals surface area (Å²) in [6, 6.07) is 6.44. The lowest BCUT2D eigenvalue weighted by Gasteiger charge is -2.16. The fourth-order valence-electron chi connectivity index (χ4n) is 3.78. The van der Waals surface area contributed by atoms with Gasteiger partial charge < -0.3 is 9.80 Å². The van der Waals surface area contributed by atoms with Gasteiger partial charge in [-0.3, -0.25) is 4.79 Å². The number of nitrogens with zero attached hydrogens (tertiary/aromatic N) is 6. The molecule has 4 rings (SSSR count). The molecule has 0 saturated carbocycles. The second-order valence-corrected chi connectivity index (χ2v) is 7.73. The minimum Gasteiger partial charge on any atom is -0.342 e. The normalized spacial score (nSPS) is 16.8. The second kappa shape index (κ2) is 8.24. The first kappa shape index (κ1) is 19.4. The van der Waals surface area contributed by atoms with E-state index >= 15 is 0 Å². The maximum absolute atomic E-state index is 13.9. The predicted molar refractivity (Wildman–Crippen MR) is 108 cm³/mol. The number of hydrogen-bond donors (Lipinski definition) is 0. The molecule has 8 heteroatoms. The van der Waals surface area contributed by atoms with Crippen LogP contribution in [0.3, 0.4) is 0 Å². The third-order valence-electron chi connectivity index (χ3n) is 5.38. The van der Waals surface area contributed by atoms with Gasteiger partial charge in [-0.05, 0) is 32.1 Å². The first-order valence-electron chi connectivity index (χ1n) is 9.86. The molecule has 152 valence electrons. The standard InChI is InChI=1S/C21H25FN6O/c1-26(2)11-12-28-21-20(23-8-9-24-21)19(25-28)16-7-10-27(14-16)18(29)13-15-5-3-4-6-17(15)22/h3-6,8-9,16H,7,10-14H2,1-2H3/t16-/m1/s1. The Morgan fingerprint density at radius 3 is 2.83 bits per heavy atom. The van der Waals surface area contributed by atoms with Gasteiger partial charge >= 0.3 is 0 Å². The van der Waals surface area contributed by atoms with E-state index in [1.807, 2.05) is 18.8 Å². The van der Waals surface area contributed by atoms with Gasteiger partial charge in [-0.1, -0.05) is 18.2 Å². The van der Waals surface area contributed by atoms with Crippen molar-refractivity contribution in [3.8, 4) is 0 Å². The Morgan fingerprint density at radius 1 is 1.24 bits per heavy atom. The summed E-state index contributed by atoms with van der Waals surface area (Å²) in [5, 5.41) is 4.80. The van der Waals surface area contributed by atoms with Crippen molar-refractivity contribution in [1.82, 2.24) is 29.5 Å². The van der Waals surface area contributed by atoms with Crippen LogP contribution < -0.4 is 0 Å². The molecule has 1 aliphatic heterocycles. The Labute approximate surface area is 169 Å². The van der Waals surface area contributed by atoms with Gasteiger partial charge in [0.1, 0.15) is 11.3 Å². The number of likely N-dealkylation sites (N-methyl/N-ethyl adjacent to an activating group) is 1. The Bertz CT molecular complexity index is 1020. The molecule has 1 amide bonds. The third kappa shape index (κ3) is 4.12. The van der Waals surface area contributed by atoms with E-state index in [1.165, 1.54) is 6.07 Å². The average Bonchev–Trinajstić information content (AvgIpc) is 3.33. The molecule has 0 bridgehead atoms. The zero-order valence-electron chi connectivity index (χ0n) is 16.8. The van der Waals surface area contributed by atoms with Crippen LogP contribution in [0.5, 0.6) is 0 Å². The second-order valence-electron chi connectivity index (χ2n) is 7.73. The van der Waals surface area contributed by atoms with Crippen molar-refractivity contribution >= 4 is 17.1 Å². The lowest BCUT2D eigenvalue weighted by molar-refractivity contribution is -0.129. The number of fused-ring (bicyclic) bond motifs is 1. The molecule has 1 aliphatic rings. The number of hydrogen-bond acceptors (Lipinski definition) is 5. The van der Waals surface area contributed by atoms with Crippen LogP contribution in [-0.4, -0.2) is 69.2 Å². The summed E-state index contributed by atoms with van der Waals surface area (Å²) in [5.74, 6) is -0.281. The van der Waals surface area contributed by atoms with Crippen LogP contribution in [0.1, 0.15) is 23.6 Å². The zero-order chi connectivity index (χ0) is 20.4. The van der Waals surface area contributed by atoms with Gasteiger partial charge in [0.15, 0.2) is 5.65 Å². The highest BCUT2D eigenvalue weighted by atomic mass is 19.1. The molecule has 2 aromatic heterocycles. The minimum absolute atomic E-state index is 0.0555. The van der Waals surface area contributed by atoms with E-state index in [0.29, 0.717) is 18.7 Å². The molecule has 3 heterocycles. The SMILES string of the molecule is CN(C)CCn1nc([C@@H]2CCN(C(=O)Cc3ccccc3F)C2)c2nccnc21. The highest BCUT2D eigenvalue weighted by molar-refractivity contribution is 5.79. The number of carbonyl (C=O) groups excluding carboxylic acids is 1. The number of benzene rings is 1. The Kier molecular flexibility index (Phi) is 5.53. The maximum atomic E-state index is 13.9. The fourth-order valence-corrected chi connectivity index (χ4v) is 3.78. The van der Waals surface area contributed by atoms with Crippen LogP contribution in [0, 0.1) is 5.82 Å². The van der Waals surface area contributed by atoms with Crippen molar-refractivity contribution < 1.29 is 9.18 Å². The summed E-state index contributed by atoms with van der Waals surface area (Å²) in [6.07, 6.45) is 4.26. The lowest BCUT2D eigenvalue weighted by atomic mass is 10.0. The monoisotopic (exact) mass is 396 g/mol.